The number of fused-ring (bicyclic) bond motifs is 7. The number of rotatable bonds is 10. The van der Waals surface area contributed by atoms with E-state index in [0.717, 1.165) is 112 Å². The average molecular weight is 1120 g/mol. The monoisotopic (exact) mass is 1120 g/mol. The van der Waals surface area contributed by atoms with E-state index in [9.17, 15) is 0 Å². The molecule has 0 amide bonds. The van der Waals surface area contributed by atoms with E-state index in [-0.39, 0.29) is 6.71 Å². The van der Waals surface area contributed by atoms with Crippen LogP contribution in [0.25, 0.3) is 107 Å². The predicted molar refractivity (Wildman–Crippen MR) is 362 cm³/mol. The number of para-hydroxylation sites is 6. The molecule has 0 N–H and O–H groups in total. The average Bonchev–Trinajstić information content (AvgIpc) is 1.25. The molecule has 0 radical (unpaired) electrons. The highest BCUT2D eigenvalue weighted by Crippen LogP contribution is 2.48. The molecule has 8 nitrogen and oxygen atoms in total. The van der Waals surface area contributed by atoms with Gasteiger partial charge in [-0.3, -0.25) is 0 Å². The summed E-state index contributed by atoms with van der Waals surface area (Å²) in [6.45, 7) is -0.0368. The lowest BCUT2D eigenvalue weighted by Crippen LogP contribution is -2.61. The molecule has 410 valence electrons. The summed E-state index contributed by atoms with van der Waals surface area (Å²) in [5.74, 6) is 2.26. The molecule has 5 heterocycles. The van der Waals surface area contributed by atoms with Crippen LogP contribution in [-0.4, -0.2) is 36.2 Å². The van der Waals surface area contributed by atoms with Crippen molar-refractivity contribution < 1.29 is 0 Å². The van der Waals surface area contributed by atoms with Crippen molar-refractivity contribution >= 4 is 79.0 Å². The van der Waals surface area contributed by atoms with Crippen LogP contribution in [0.2, 0.25) is 0 Å². The number of benzene rings is 12. The number of anilines is 6. The van der Waals surface area contributed by atoms with Crippen LogP contribution in [0.1, 0.15) is 0 Å². The number of hydrogen-bond donors (Lipinski definition) is 0. The Morgan fingerprint density at radius 3 is 1.32 bits per heavy atom. The van der Waals surface area contributed by atoms with Crippen molar-refractivity contribution in [1.29, 1.82) is 0 Å². The van der Waals surface area contributed by atoms with E-state index in [2.05, 4.69) is 257 Å². The maximum Gasteiger partial charge on any atom is 0.252 e. The van der Waals surface area contributed by atoms with Crippen molar-refractivity contribution in [2.45, 2.75) is 0 Å². The van der Waals surface area contributed by atoms with Crippen LogP contribution in [0, 0.1) is 0 Å². The second-order valence-corrected chi connectivity index (χ2v) is 22.3. The quantitative estimate of drug-likeness (QED) is 0.126. The largest absolute Gasteiger partial charge is 0.311 e. The molecule has 0 saturated carbocycles. The molecular weight excluding hydrogens is 1070 g/mol. The van der Waals surface area contributed by atoms with Gasteiger partial charge in [0.1, 0.15) is 0 Å². The molecule has 88 heavy (non-hydrogen) atoms. The summed E-state index contributed by atoms with van der Waals surface area (Å²) < 4.78 is 2.35. The number of aromatic nitrogens is 6. The van der Waals surface area contributed by atoms with Gasteiger partial charge in [-0.2, -0.15) is 0 Å². The minimum Gasteiger partial charge on any atom is -0.311 e. The molecule has 2 aliphatic heterocycles. The van der Waals surface area contributed by atoms with Crippen LogP contribution in [-0.2, 0) is 0 Å². The van der Waals surface area contributed by atoms with Gasteiger partial charge < -0.3 is 14.4 Å². The first-order valence-corrected chi connectivity index (χ1v) is 29.8. The molecular formula is C79H51BN8. The van der Waals surface area contributed by atoms with Crippen LogP contribution >= 0.6 is 0 Å². The van der Waals surface area contributed by atoms with Crippen LogP contribution in [0.15, 0.2) is 309 Å². The van der Waals surface area contributed by atoms with Gasteiger partial charge in [0.2, 0.25) is 0 Å². The van der Waals surface area contributed by atoms with Crippen molar-refractivity contribution in [2.75, 3.05) is 9.80 Å². The van der Waals surface area contributed by atoms with E-state index < -0.39 is 0 Å². The van der Waals surface area contributed by atoms with Gasteiger partial charge in [0.15, 0.2) is 23.3 Å². The van der Waals surface area contributed by atoms with E-state index in [1.54, 1.807) is 0 Å². The normalized spacial score (nSPS) is 12.2. The van der Waals surface area contributed by atoms with Crippen molar-refractivity contribution in [2.24, 2.45) is 0 Å². The van der Waals surface area contributed by atoms with Gasteiger partial charge in [0.05, 0.1) is 33.8 Å². The minimum atomic E-state index is -0.0368. The van der Waals surface area contributed by atoms with Crippen LogP contribution in [0.5, 0.6) is 0 Å². The molecule has 2 aliphatic rings. The van der Waals surface area contributed by atoms with Gasteiger partial charge in [0.25, 0.3) is 6.71 Å². The third-order valence-corrected chi connectivity index (χ3v) is 17.2. The fourth-order valence-corrected chi connectivity index (χ4v) is 13.3. The zero-order chi connectivity index (χ0) is 58.1. The molecule has 9 heteroatoms. The molecule has 0 fully saturated rings. The lowest BCUT2D eigenvalue weighted by Gasteiger charge is -2.45. The summed E-state index contributed by atoms with van der Waals surface area (Å²) in [5, 5.41) is 2.31. The first-order chi connectivity index (χ1) is 43.7. The maximum absolute atomic E-state index is 5.73. The molecule has 12 aromatic carbocycles. The zero-order valence-corrected chi connectivity index (χ0v) is 47.6. The van der Waals surface area contributed by atoms with Gasteiger partial charge in [-0.15, -0.1) is 0 Å². The molecule has 0 unspecified atom stereocenters. The van der Waals surface area contributed by atoms with Gasteiger partial charge >= 0.3 is 0 Å². The highest BCUT2D eigenvalue weighted by atomic mass is 15.2. The molecule has 3 aromatic heterocycles. The fraction of sp³-hybridized carbons (Fsp3) is 0. The van der Waals surface area contributed by atoms with E-state index in [1.165, 1.54) is 22.1 Å². The molecule has 15 aromatic rings. The second-order valence-electron chi connectivity index (χ2n) is 22.3. The molecule has 0 saturated heterocycles. The van der Waals surface area contributed by atoms with Gasteiger partial charge in [0, 0.05) is 78.2 Å². The first kappa shape index (κ1) is 50.7. The van der Waals surface area contributed by atoms with E-state index in [0.29, 0.717) is 23.3 Å². The lowest BCUT2D eigenvalue weighted by molar-refractivity contribution is 1.07. The topological polar surface area (TPSA) is 75.9 Å². The maximum atomic E-state index is 5.73. The Morgan fingerprint density at radius 2 is 0.716 bits per heavy atom. The smallest absolute Gasteiger partial charge is 0.252 e. The zero-order valence-electron chi connectivity index (χ0n) is 47.6. The number of nitrogens with zero attached hydrogens (tertiary/aromatic N) is 8. The summed E-state index contributed by atoms with van der Waals surface area (Å²) in [4.78, 5) is 31.8. The first-order valence-electron chi connectivity index (χ1n) is 29.8. The summed E-state index contributed by atoms with van der Waals surface area (Å²) in [7, 11) is 0. The number of hydrogen-bond acceptors (Lipinski definition) is 7. The second kappa shape index (κ2) is 21.1. The molecule has 0 bridgehead atoms. The minimum absolute atomic E-state index is 0.0368. The fourth-order valence-electron chi connectivity index (χ4n) is 13.3. The standard InChI is InChI=1S/C79H51BN8/c1-6-25-52(26-7-1)66-51-67(56-32-24-31-55(49-56)60-46-48-73-74-75(60)87(59-35-14-5-15-36-59)72-44-23-19-40-65(72)80(74)64-39-18-22-43-71(64)86(73)58-33-12-4-13-34-58)82-79(81-66)63-50-57(45-47-70(63)88-68-41-20-16-37-61(68)62-38-17-21-42-69(62)88)78-84-76(53-27-8-2-9-28-53)83-77(85-78)54-29-10-3-11-30-54/h1-51H. The van der Waals surface area contributed by atoms with Crippen LogP contribution < -0.4 is 26.2 Å². The lowest BCUT2D eigenvalue weighted by atomic mass is 9.33. The Labute approximate surface area is 509 Å². The Morgan fingerprint density at radius 1 is 0.261 bits per heavy atom. The van der Waals surface area contributed by atoms with Gasteiger partial charge in [-0.05, 0) is 107 Å². The summed E-state index contributed by atoms with van der Waals surface area (Å²) in [5.41, 5.74) is 22.7. The Hall–Kier alpha value is -11.8. The van der Waals surface area contributed by atoms with Crippen molar-refractivity contribution in [3.05, 3.63) is 309 Å². The van der Waals surface area contributed by atoms with Gasteiger partial charge in [-0.1, -0.05) is 224 Å². The van der Waals surface area contributed by atoms with Crippen molar-refractivity contribution in [3.8, 4) is 84.9 Å². The highest BCUT2D eigenvalue weighted by Gasteiger charge is 2.44. The van der Waals surface area contributed by atoms with Crippen molar-refractivity contribution in [3.63, 3.8) is 0 Å². The molecule has 0 atom stereocenters. The third kappa shape index (κ3) is 8.50. The molecule has 0 spiro atoms. The van der Waals surface area contributed by atoms with Gasteiger partial charge in [-0.25, -0.2) is 24.9 Å². The van der Waals surface area contributed by atoms with E-state index in [1.807, 2.05) is 66.7 Å². The Bertz CT molecular complexity index is 5050. The SMILES string of the molecule is c1ccc(-c2cc(-c3cccc(-c4ccc5c6c4N(c4ccccc4)c4ccccc4B6c4ccccc4N5c4ccccc4)c3)nc(-c3cc(-c4nc(-c5ccccc5)nc(-c5ccccc5)n4)ccc3-n3c4ccccc4c4ccccc43)n2)cc1. The molecule has 0 aliphatic carbocycles. The Kier molecular flexibility index (Phi) is 12.1. The molecule has 17 rings (SSSR count). The van der Waals surface area contributed by atoms with Crippen LogP contribution in [0.4, 0.5) is 34.1 Å². The summed E-state index contributed by atoms with van der Waals surface area (Å²) >= 11 is 0. The third-order valence-electron chi connectivity index (χ3n) is 17.2. The summed E-state index contributed by atoms with van der Waals surface area (Å²) in [6.07, 6.45) is 0. The van der Waals surface area contributed by atoms with Crippen LogP contribution in [0.3, 0.4) is 0 Å². The van der Waals surface area contributed by atoms with Crippen molar-refractivity contribution in [1.82, 2.24) is 29.5 Å². The summed E-state index contributed by atoms with van der Waals surface area (Å²) in [6, 6.07) is 110. The Balaban J connectivity index is 0.899. The predicted octanol–water partition coefficient (Wildman–Crippen LogP) is 17.5. The van der Waals surface area contributed by atoms with E-state index in [4.69, 9.17) is 24.9 Å². The highest BCUT2D eigenvalue weighted by molar-refractivity contribution is 7.00. The van der Waals surface area contributed by atoms with E-state index >= 15 is 0 Å².